The largest absolute Gasteiger partial charge is 0.281 e. The molecule has 0 heterocycles. The van der Waals surface area contributed by atoms with E-state index >= 15 is 0 Å². The van der Waals surface area contributed by atoms with Crippen LogP contribution in [0.1, 0.15) is 77.7 Å². The molecule has 24 heavy (non-hydrogen) atoms. The lowest BCUT2D eigenvalue weighted by atomic mass is 9.89. The number of unbranched alkanes of at least 4 members (excludes halogenated alkanes) is 1. The Hall–Kier alpha value is -1.64. The van der Waals surface area contributed by atoms with Crippen LogP contribution < -0.4 is 0 Å². The molecule has 3 nitrogen and oxygen atoms in total. The van der Waals surface area contributed by atoms with E-state index in [1.165, 1.54) is 10.5 Å². The molecule has 0 N–H and O–H groups in total. The zero-order valence-electron chi connectivity index (χ0n) is 16.5. The Morgan fingerprint density at radius 1 is 0.958 bits per heavy atom. The molecular weight excluding hydrogens is 298 g/mol. The second kappa shape index (κ2) is 9.00. The van der Waals surface area contributed by atoms with Crippen molar-refractivity contribution in [3.05, 3.63) is 33.4 Å². The number of hydrogen-bond acceptors (Lipinski definition) is 2. The fraction of sp³-hybridized carbons (Fsp3) is 0.619. The summed E-state index contributed by atoms with van der Waals surface area (Å²) >= 11 is 0. The molecule has 0 aliphatic rings. The summed E-state index contributed by atoms with van der Waals surface area (Å²) in [6, 6.07) is 0. The van der Waals surface area contributed by atoms with Crippen molar-refractivity contribution in [2.45, 2.75) is 74.1 Å². The van der Waals surface area contributed by atoms with Gasteiger partial charge in [0.2, 0.25) is 6.41 Å². The molecule has 0 radical (unpaired) electrons. The predicted octanol–water partition coefficient (Wildman–Crippen LogP) is 5.04. The van der Waals surface area contributed by atoms with E-state index < -0.39 is 0 Å². The topological polar surface area (TPSA) is 37.4 Å². The highest BCUT2D eigenvalue weighted by atomic mass is 16.2. The quantitative estimate of drug-likeness (QED) is 0.626. The molecule has 2 amide bonds. The first-order valence-electron chi connectivity index (χ1n) is 9.13. The van der Waals surface area contributed by atoms with Gasteiger partial charge in [0.1, 0.15) is 0 Å². The zero-order valence-corrected chi connectivity index (χ0v) is 16.5. The van der Waals surface area contributed by atoms with Crippen LogP contribution in [0.15, 0.2) is 0 Å². The first-order valence-corrected chi connectivity index (χ1v) is 9.13. The number of amides is 2. The van der Waals surface area contributed by atoms with Crippen molar-refractivity contribution in [3.8, 4) is 0 Å². The van der Waals surface area contributed by atoms with Crippen molar-refractivity contribution < 1.29 is 9.59 Å². The van der Waals surface area contributed by atoms with Crippen LogP contribution in [0, 0.1) is 40.5 Å². The SMILES string of the molecule is CCCCC(CC)CN(C=O)C(=O)c1c(C)c(C)c(C)c(C)c1C. The molecule has 1 aromatic rings. The maximum atomic E-state index is 13.1. The van der Waals surface area contributed by atoms with Gasteiger partial charge in [-0.25, -0.2) is 0 Å². The van der Waals surface area contributed by atoms with Crippen LogP contribution in [0.4, 0.5) is 0 Å². The number of hydrogen-bond donors (Lipinski definition) is 0. The molecule has 0 bridgehead atoms. The lowest BCUT2D eigenvalue weighted by Crippen LogP contribution is -2.35. The molecule has 0 spiro atoms. The molecule has 1 atom stereocenters. The average molecular weight is 332 g/mol. The van der Waals surface area contributed by atoms with Crippen LogP contribution in [0.3, 0.4) is 0 Å². The Balaban J connectivity index is 3.17. The van der Waals surface area contributed by atoms with Crippen LogP contribution in [-0.2, 0) is 4.79 Å². The number of benzene rings is 1. The fourth-order valence-electron chi connectivity index (χ4n) is 3.33. The molecule has 0 saturated carbocycles. The van der Waals surface area contributed by atoms with E-state index in [1.807, 2.05) is 13.8 Å². The van der Waals surface area contributed by atoms with Crippen LogP contribution >= 0.6 is 0 Å². The van der Waals surface area contributed by atoms with Crippen molar-refractivity contribution in [3.63, 3.8) is 0 Å². The third-order valence-electron chi connectivity index (χ3n) is 5.60. The van der Waals surface area contributed by atoms with Gasteiger partial charge in [-0.05, 0) is 74.8 Å². The monoisotopic (exact) mass is 331 g/mol. The first kappa shape index (κ1) is 20.4. The third kappa shape index (κ3) is 4.25. The number of imide groups is 1. The number of nitrogens with zero attached hydrogens (tertiary/aromatic N) is 1. The van der Waals surface area contributed by atoms with E-state index in [0.29, 0.717) is 24.4 Å². The molecule has 1 unspecified atom stereocenters. The Kier molecular flexibility index (Phi) is 7.65. The van der Waals surface area contributed by atoms with E-state index in [1.54, 1.807) is 0 Å². The molecule has 0 aromatic heterocycles. The van der Waals surface area contributed by atoms with Crippen molar-refractivity contribution in [1.29, 1.82) is 0 Å². The number of carbonyl (C=O) groups excluding carboxylic acids is 2. The van der Waals surface area contributed by atoms with Crippen LogP contribution in [0.5, 0.6) is 0 Å². The summed E-state index contributed by atoms with van der Waals surface area (Å²) in [5, 5.41) is 0. The van der Waals surface area contributed by atoms with E-state index in [-0.39, 0.29) is 5.91 Å². The van der Waals surface area contributed by atoms with Crippen LogP contribution in [0.25, 0.3) is 0 Å². The normalized spacial score (nSPS) is 12.1. The van der Waals surface area contributed by atoms with Crippen molar-refractivity contribution >= 4 is 12.3 Å². The van der Waals surface area contributed by atoms with Crippen LogP contribution in [-0.4, -0.2) is 23.8 Å². The van der Waals surface area contributed by atoms with E-state index in [9.17, 15) is 9.59 Å². The van der Waals surface area contributed by atoms with Gasteiger partial charge in [-0.1, -0.05) is 33.1 Å². The third-order valence-corrected chi connectivity index (χ3v) is 5.60. The van der Waals surface area contributed by atoms with Gasteiger partial charge in [0.05, 0.1) is 0 Å². The maximum absolute atomic E-state index is 13.1. The summed E-state index contributed by atoms with van der Waals surface area (Å²) in [7, 11) is 0. The van der Waals surface area contributed by atoms with Gasteiger partial charge < -0.3 is 0 Å². The summed E-state index contributed by atoms with van der Waals surface area (Å²) in [5.74, 6) is 0.230. The van der Waals surface area contributed by atoms with E-state index in [4.69, 9.17) is 0 Å². The van der Waals surface area contributed by atoms with Gasteiger partial charge in [0.15, 0.2) is 0 Å². The van der Waals surface area contributed by atoms with Gasteiger partial charge in [-0.2, -0.15) is 0 Å². The minimum atomic E-state index is -0.152. The van der Waals surface area contributed by atoms with E-state index in [2.05, 4.69) is 34.6 Å². The molecule has 0 aliphatic carbocycles. The molecule has 0 aliphatic heterocycles. The minimum absolute atomic E-state index is 0.152. The second-order valence-electron chi connectivity index (χ2n) is 6.98. The maximum Gasteiger partial charge on any atom is 0.260 e. The number of rotatable bonds is 8. The highest BCUT2D eigenvalue weighted by Gasteiger charge is 2.24. The minimum Gasteiger partial charge on any atom is -0.281 e. The smallest absolute Gasteiger partial charge is 0.260 e. The Labute approximate surface area is 147 Å². The lowest BCUT2D eigenvalue weighted by Gasteiger charge is -2.25. The second-order valence-corrected chi connectivity index (χ2v) is 6.98. The summed E-state index contributed by atoms with van der Waals surface area (Å²) in [5.41, 5.74) is 6.21. The van der Waals surface area contributed by atoms with E-state index in [0.717, 1.165) is 47.9 Å². The van der Waals surface area contributed by atoms with Gasteiger partial charge in [-0.3, -0.25) is 14.5 Å². The van der Waals surface area contributed by atoms with Gasteiger partial charge in [0.25, 0.3) is 5.91 Å². The standard InChI is InChI=1S/C21H33NO2/c1-8-10-11-19(9-2)12-22(13-23)21(24)20-17(6)15(4)14(3)16(5)18(20)7/h13,19H,8-12H2,1-7H3. The summed E-state index contributed by atoms with van der Waals surface area (Å²) < 4.78 is 0. The summed E-state index contributed by atoms with van der Waals surface area (Å²) in [6.07, 6.45) is 5.04. The molecular formula is C21H33NO2. The highest BCUT2D eigenvalue weighted by molar-refractivity contribution is 6.02. The average Bonchev–Trinajstić information content (AvgIpc) is 2.58. The lowest BCUT2D eigenvalue weighted by molar-refractivity contribution is -0.116. The molecule has 0 saturated heterocycles. The van der Waals surface area contributed by atoms with Gasteiger partial charge in [0, 0.05) is 12.1 Å². The number of carbonyl (C=O) groups is 2. The molecule has 1 rings (SSSR count). The van der Waals surface area contributed by atoms with Crippen molar-refractivity contribution in [2.75, 3.05) is 6.54 Å². The predicted molar refractivity (Wildman–Crippen MR) is 101 cm³/mol. The summed E-state index contributed by atoms with van der Waals surface area (Å²) in [4.78, 5) is 26.0. The Morgan fingerprint density at radius 3 is 1.88 bits per heavy atom. The van der Waals surface area contributed by atoms with Crippen molar-refractivity contribution in [1.82, 2.24) is 4.90 Å². The fourth-order valence-corrected chi connectivity index (χ4v) is 3.33. The Morgan fingerprint density at radius 2 is 1.46 bits per heavy atom. The highest BCUT2D eigenvalue weighted by Crippen LogP contribution is 2.27. The zero-order chi connectivity index (χ0) is 18.4. The Bertz CT molecular complexity index is 575. The summed E-state index contributed by atoms with van der Waals surface area (Å²) in [6.45, 7) is 15.0. The molecule has 0 fully saturated rings. The molecule has 134 valence electrons. The first-order chi connectivity index (χ1) is 11.3. The van der Waals surface area contributed by atoms with Crippen molar-refractivity contribution in [2.24, 2.45) is 5.92 Å². The van der Waals surface area contributed by atoms with Crippen LogP contribution in [0.2, 0.25) is 0 Å². The van der Waals surface area contributed by atoms with Gasteiger partial charge >= 0.3 is 0 Å². The molecule has 3 heteroatoms. The molecule has 1 aromatic carbocycles. The van der Waals surface area contributed by atoms with Gasteiger partial charge in [-0.15, -0.1) is 0 Å².